The number of esters is 1. The Kier molecular flexibility index (Phi) is 8.61. The van der Waals surface area contributed by atoms with Crippen molar-refractivity contribution in [1.82, 2.24) is 14.9 Å². The number of carbonyl (C=O) groups is 2. The Balaban J connectivity index is 1.14. The molecule has 182 valence electrons. The van der Waals surface area contributed by atoms with Crippen molar-refractivity contribution < 1.29 is 14.3 Å². The molecule has 1 aromatic heterocycles. The number of amides is 1. The number of hydrogen-bond donors (Lipinski definition) is 2. The molecule has 9 heteroatoms. The standard InChI is InChI=1S/C26H30N6O3/c33-24(20-35-25(34)11-14-29-26-27-12-4-13-28-26)30-22-7-9-23(10-8-22)32-17-15-31(16-18-32)19-21-5-2-1-3-6-21/h1-10,12-13H,11,14-20H2,(H,30,33)(H,27,28,29). The fourth-order valence-corrected chi connectivity index (χ4v) is 3.84. The third kappa shape index (κ3) is 7.79. The molecule has 0 radical (unpaired) electrons. The van der Waals surface area contributed by atoms with Crippen LogP contribution in [0, 0.1) is 0 Å². The summed E-state index contributed by atoms with van der Waals surface area (Å²) < 4.78 is 5.04. The number of benzene rings is 2. The summed E-state index contributed by atoms with van der Waals surface area (Å²) in [5.41, 5.74) is 3.13. The molecule has 0 bridgehead atoms. The fourth-order valence-electron chi connectivity index (χ4n) is 3.84. The van der Waals surface area contributed by atoms with Crippen LogP contribution >= 0.6 is 0 Å². The van der Waals surface area contributed by atoms with Crippen LogP contribution in [0.5, 0.6) is 0 Å². The normalized spacial score (nSPS) is 13.8. The lowest BCUT2D eigenvalue weighted by Gasteiger charge is -2.36. The Hall–Kier alpha value is -3.98. The summed E-state index contributed by atoms with van der Waals surface area (Å²) >= 11 is 0. The van der Waals surface area contributed by atoms with Crippen molar-refractivity contribution in [3.05, 3.63) is 78.6 Å². The van der Waals surface area contributed by atoms with E-state index in [2.05, 4.69) is 54.7 Å². The molecule has 35 heavy (non-hydrogen) atoms. The summed E-state index contributed by atoms with van der Waals surface area (Å²) in [6, 6.07) is 20.0. The summed E-state index contributed by atoms with van der Waals surface area (Å²) in [6.45, 7) is 4.90. The Morgan fingerprint density at radius 3 is 2.31 bits per heavy atom. The van der Waals surface area contributed by atoms with E-state index in [1.54, 1.807) is 18.5 Å². The van der Waals surface area contributed by atoms with Gasteiger partial charge in [0.2, 0.25) is 5.95 Å². The van der Waals surface area contributed by atoms with E-state index in [1.165, 1.54) is 5.56 Å². The highest BCUT2D eigenvalue weighted by molar-refractivity contribution is 5.93. The van der Waals surface area contributed by atoms with E-state index in [0.29, 0.717) is 18.2 Å². The highest BCUT2D eigenvalue weighted by Gasteiger charge is 2.17. The van der Waals surface area contributed by atoms with Gasteiger partial charge in [0.1, 0.15) is 0 Å². The van der Waals surface area contributed by atoms with Crippen molar-refractivity contribution in [3.8, 4) is 0 Å². The van der Waals surface area contributed by atoms with Crippen LogP contribution in [-0.4, -0.2) is 66.1 Å². The summed E-state index contributed by atoms with van der Waals surface area (Å²) in [4.78, 5) is 36.8. The quantitative estimate of drug-likeness (QED) is 0.433. The van der Waals surface area contributed by atoms with Crippen LogP contribution in [0.3, 0.4) is 0 Å². The molecule has 0 saturated carbocycles. The molecule has 0 atom stereocenters. The van der Waals surface area contributed by atoms with Gasteiger partial charge in [0, 0.05) is 63.0 Å². The number of nitrogens with zero attached hydrogens (tertiary/aromatic N) is 4. The predicted octanol–water partition coefficient (Wildman–Crippen LogP) is 2.78. The van der Waals surface area contributed by atoms with E-state index in [4.69, 9.17) is 4.74 Å². The summed E-state index contributed by atoms with van der Waals surface area (Å²) in [5, 5.41) is 5.68. The van der Waals surface area contributed by atoms with E-state index in [-0.39, 0.29) is 18.9 Å². The molecule has 1 aliphatic heterocycles. The van der Waals surface area contributed by atoms with Gasteiger partial charge in [-0.25, -0.2) is 9.97 Å². The molecule has 2 aromatic carbocycles. The second kappa shape index (κ2) is 12.5. The number of nitrogens with one attached hydrogen (secondary N) is 2. The van der Waals surface area contributed by atoms with Crippen molar-refractivity contribution >= 4 is 29.2 Å². The molecule has 1 saturated heterocycles. The van der Waals surface area contributed by atoms with E-state index in [9.17, 15) is 9.59 Å². The van der Waals surface area contributed by atoms with Crippen LogP contribution in [-0.2, 0) is 20.9 Å². The SMILES string of the molecule is O=C(COC(=O)CCNc1ncccn1)Nc1ccc(N2CCN(Cc3ccccc3)CC2)cc1. The van der Waals surface area contributed by atoms with Crippen LogP contribution in [0.4, 0.5) is 17.3 Å². The maximum atomic E-state index is 12.1. The monoisotopic (exact) mass is 474 g/mol. The summed E-state index contributed by atoms with van der Waals surface area (Å²) in [7, 11) is 0. The molecule has 1 fully saturated rings. The van der Waals surface area contributed by atoms with Crippen molar-refractivity contribution in [2.75, 3.05) is 54.9 Å². The van der Waals surface area contributed by atoms with Gasteiger partial charge < -0.3 is 20.3 Å². The molecule has 1 aliphatic rings. The number of rotatable bonds is 10. The van der Waals surface area contributed by atoms with Gasteiger partial charge in [-0.2, -0.15) is 0 Å². The van der Waals surface area contributed by atoms with Crippen LogP contribution in [0.1, 0.15) is 12.0 Å². The lowest BCUT2D eigenvalue weighted by Crippen LogP contribution is -2.45. The zero-order valence-electron chi connectivity index (χ0n) is 19.6. The Morgan fingerprint density at radius 2 is 1.60 bits per heavy atom. The smallest absolute Gasteiger partial charge is 0.308 e. The van der Waals surface area contributed by atoms with Crippen LogP contribution in [0.25, 0.3) is 0 Å². The molecule has 2 N–H and O–H groups in total. The largest absolute Gasteiger partial charge is 0.456 e. The lowest BCUT2D eigenvalue weighted by molar-refractivity contribution is -0.147. The van der Waals surface area contributed by atoms with E-state index < -0.39 is 5.97 Å². The molecule has 4 rings (SSSR count). The van der Waals surface area contributed by atoms with Gasteiger partial charge in [-0.3, -0.25) is 14.5 Å². The molecule has 2 heterocycles. The topological polar surface area (TPSA) is 99.7 Å². The average Bonchev–Trinajstić information content (AvgIpc) is 2.90. The van der Waals surface area contributed by atoms with Gasteiger partial charge >= 0.3 is 5.97 Å². The van der Waals surface area contributed by atoms with E-state index >= 15 is 0 Å². The van der Waals surface area contributed by atoms with Gasteiger partial charge in [0.05, 0.1) is 6.42 Å². The molecule has 0 unspecified atom stereocenters. The third-order valence-corrected chi connectivity index (χ3v) is 5.68. The summed E-state index contributed by atoms with van der Waals surface area (Å²) in [6.07, 6.45) is 3.33. The van der Waals surface area contributed by atoms with Gasteiger partial charge in [0.25, 0.3) is 5.91 Å². The first-order valence-electron chi connectivity index (χ1n) is 11.7. The minimum atomic E-state index is -0.467. The number of ether oxygens (including phenoxy) is 1. The summed E-state index contributed by atoms with van der Waals surface area (Å²) in [5.74, 6) is -0.402. The van der Waals surface area contributed by atoms with E-state index in [0.717, 1.165) is 38.4 Å². The maximum Gasteiger partial charge on any atom is 0.308 e. The second-order valence-electron chi connectivity index (χ2n) is 8.25. The number of piperazine rings is 1. The Bertz CT molecular complexity index is 1070. The van der Waals surface area contributed by atoms with Crippen molar-refractivity contribution in [1.29, 1.82) is 0 Å². The number of hydrogen-bond acceptors (Lipinski definition) is 8. The van der Waals surface area contributed by atoms with Gasteiger partial charge in [0.15, 0.2) is 6.61 Å². The molecule has 0 spiro atoms. The molecule has 9 nitrogen and oxygen atoms in total. The third-order valence-electron chi connectivity index (χ3n) is 5.68. The first-order valence-corrected chi connectivity index (χ1v) is 11.7. The van der Waals surface area contributed by atoms with Gasteiger partial charge in [-0.1, -0.05) is 30.3 Å². The van der Waals surface area contributed by atoms with Gasteiger partial charge in [-0.15, -0.1) is 0 Å². The highest BCUT2D eigenvalue weighted by atomic mass is 16.5. The highest BCUT2D eigenvalue weighted by Crippen LogP contribution is 2.20. The number of anilines is 3. The maximum absolute atomic E-state index is 12.1. The van der Waals surface area contributed by atoms with Crippen molar-refractivity contribution in [2.45, 2.75) is 13.0 Å². The van der Waals surface area contributed by atoms with Crippen LogP contribution < -0.4 is 15.5 Å². The molecular weight excluding hydrogens is 444 g/mol. The fraction of sp³-hybridized carbons (Fsp3) is 0.308. The lowest BCUT2D eigenvalue weighted by atomic mass is 10.2. The first-order chi connectivity index (χ1) is 17.2. The van der Waals surface area contributed by atoms with E-state index in [1.807, 2.05) is 30.3 Å². The second-order valence-corrected chi connectivity index (χ2v) is 8.25. The molecule has 1 amide bonds. The number of carbonyl (C=O) groups excluding carboxylic acids is 2. The van der Waals surface area contributed by atoms with Crippen LogP contribution in [0.2, 0.25) is 0 Å². The average molecular weight is 475 g/mol. The molecule has 0 aliphatic carbocycles. The number of aromatic nitrogens is 2. The Labute approximate surface area is 205 Å². The minimum absolute atomic E-state index is 0.110. The molecule has 3 aromatic rings. The Morgan fingerprint density at radius 1 is 0.886 bits per heavy atom. The molecular formula is C26H30N6O3. The minimum Gasteiger partial charge on any atom is -0.456 e. The predicted molar refractivity (Wildman–Crippen MR) is 135 cm³/mol. The van der Waals surface area contributed by atoms with Crippen molar-refractivity contribution in [3.63, 3.8) is 0 Å². The van der Waals surface area contributed by atoms with Crippen LogP contribution in [0.15, 0.2) is 73.1 Å². The zero-order valence-corrected chi connectivity index (χ0v) is 19.6. The van der Waals surface area contributed by atoms with Gasteiger partial charge in [-0.05, 0) is 35.9 Å². The van der Waals surface area contributed by atoms with Crippen molar-refractivity contribution in [2.24, 2.45) is 0 Å². The first kappa shape index (κ1) is 24.2. The zero-order chi connectivity index (χ0) is 24.3.